The van der Waals surface area contributed by atoms with Gasteiger partial charge in [0, 0.05) is 5.69 Å². The van der Waals surface area contributed by atoms with Gasteiger partial charge in [-0.25, -0.2) is 8.42 Å². The average Bonchev–Trinajstić information content (AvgIpc) is 2.34. The molecule has 0 saturated carbocycles. The summed E-state index contributed by atoms with van der Waals surface area (Å²) < 4.78 is 24.6. The Morgan fingerprint density at radius 1 is 1.11 bits per heavy atom. The van der Waals surface area contributed by atoms with E-state index < -0.39 is 9.84 Å². The molecule has 0 heterocycles. The molecule has 0 amide bonds. The molecule has 0 aliphatic rings. The Hall–Kier alpha value is -2.01. The number of hydrogen-bond donors (Lipinski definition) is 2. The third-order valence-corrected chi connectivity index (χ3v) is 4.49. The molecular weight excluding hydrogens is 250 g/mol. The summed E-state index contributed by atoms with van der Waals surface area (Å²) in [6.45, 7) is 1.70. The summed E-state index contributed by atoms with van der Waals surface area (Å²) in [7, 11) is -3.74. The second-order valence-electron chi connectivity index (χ2n) is 3.99. The van der Waals surface area contributed by atoms with Crippen LogP contribution in [0.1, 0.15) is 5.56 Å². The summed E-state index contributed by atoms with van der Waals surface area (Å²) in [6, 6.07) is 10.6. The maximum atomic E-state index is 12.3. The highest BCUT2D eigenvalue weighted by atomic mass is 32.2. The van der Waals surface area contributed by atoms with Crippen molar-refractivity contribution >= 4 is 15.5 Å². The predicted octanol–water partition coefficient (Wildman–Crippen LogP) is 2.12. The molecule has 2 aromatic rings. The van der Waals surface area contributed by atoms with Crippen LogP contribution in [-0.4, -0.2) is 13.5 Å². The molecule has 0 aliphatic carbocycles. The first-order valence-corrected chi connectivity index (χ1v) is 6.80. The van der Waals surface area contributed by atoms with Gasteiger partial charge in [-0.3, -0.25) is 0 Å². The fourth-order valence-electron chi connectivity index (χ4n) is 1.63. The highest BCUT2D eigenvalue weighted by Crippen LogP contribution is 2.31. The molecule has 0 spiro atoms. The molecule has 94 valence electrons. The molecule has 5 heteroatoms. The van der Waals surface area contributed by atoms with Crippen molar-refractivity contribution < 1.29 is 13.5 Å². The zero-order valence-corrected chi connectivity index (χ0v) is 10.6. The van der Waals surface area contributed by atoms with Gasteiger partial charge in [0.15, 0.2) is 0 Å². The van der Waals surface area contributed by atoms with Crippen LogP contribution >= 0.6 is 0 Å². The minimum absolute atomic E-state index is 0.128. The van der Waals surface area contributed by atoms with E-state index in [0.29, 0.717) is 11.3 Å². The summed E-state index contributed by atoms with van der Waals surface area (Å²) in [5.41, 5.74) is 6.66. The van der Waals surface area contributed by atoms with E-state index in [9.17, 15) is 13.5 Å². The first-order chi connectivity index (χ1) is 8.43. The fraction of sp³-hybridized carbons (Fsp3) is 0.0769. The number of aromatic hydroxyl groups is 1. The molecule has 0 aromatic heterocycles. The second kappa shape index (κ2) is 4.34. The van der Waals surface area contributed by atoms with Gasteiger partial charge in [0.1, 0.15) is 10.6 Å². The molecule has 2 rings (SSSR count). The van der Waals surface area contributed by atoms with Crippen molar-refractivity contribution in [3.63, 3.8) is 0 Å². The molecule has 2 aromatic carbocycles. The molecular formula is C13H13NO3S. The highest BCUT2D eigenvalue weighted by molar-refractivity contribution is 7.91. The van der Waals surface area contributed by atoms with Crippen molar-refractivity contribution in [1.29, 1.82) is 0 Å². The third kappa shape index (κ3) is 2.04. The SMILES string of the molecule is Cc1cc(O)c(S(=O)(=O)c2ccccc2)cc1N. The molecule has 0 radical (unpaired) electrons. The van der Waals surface area contributed by atoms with Crippen LogP contribution in [0, 0.1) is 6.92 Å². The molecule has 18 heavy (non-hydrogen) atoms. The lowest BCUT2D eigenvalue weighted by Gasteiger charge is -2.09. The van der Waals surface area contributed by atoms with Crippen LogP contribution in [0.15, 0.2) is 52.3 Å². The summed E-state index contributed by atoms with van der Waals surface area (Å²) in [5, 5.41) is 9.78. The van der Waals surface area contributed by atoms with E-state index in [1.54, 1.807) is 25.1 Å². The lowest BCUT2D eigenvalue weighted by Crippen LogP contribution is -2.04. The fourth-order valence-corrected chi connectivity index (χ4v) is 3.02. The Labute approximate surface area is 106 Å². The van der Waals surface area contributed by atoms with Crippen molar-refractivity contribution in [2.75, 3.05) is 5.73 Å². The molecule has 4 nitrogen and oxygen atoms in total. The van der Waals surface area contributed by atoms with E-state index in [-0.39, 0.29) is 15.5 Å². The van der Waals surface area contributed by atoms with Crippen molar-refractivity contribution in [2.24, 2.45) is 0 Å². The molecule has 0 unspecified atom stereocenters. The van der Waals surface area contributed by atoms with Gasteiger partial charge < -0.3 is 10.8 Å². The number of nitrogen functional groups attached to an aromatic ring is 1. The number of sulfone groups is 1. The maximum absolute atomic E-state index is 12.3. The van der Waals surface area contributed by atoms with Crippen LogP contribution in [-0.2, 0) is 9.84 Å². The van der Waals surface area contributed by atoms with Gasteiger partial charge in [0.25, 0.3) is 0 Å². The van der Waals surface area contributed by atoms with Gasteiger partial charge in [0.05, 0.1) is 4.90 Å². The maximum Gasteiger partial charge on any atom is 0.210 e. The van der Waals surface area contributed by atoms with Gasteiger partial charge in [-0.05, 0) is 36.8 Å². The number of anilines is 1. The zero-order chi connectivity index (χ0) is 13.3. The Morgan fingerprint density at radius 2 is 1.72 bits per heavy atom. The van der Waals surface area contributed by atoms with Crippen LogP contribution in [0.3, 0.4) is 0 Å². The number of phenols is 1. The average molecular weight is 263 g/mol. The minimum Gasteiger partial charge on any atom is -0.507 e. The van der Waals surface area contributed by atoms with Gasteiger partial charge in [-0.2, -0.15) is 0 Å². The Kier molecular flexibility index (Phi) is 3.00. The summed E-state index contributed by atoms with van der Waals surface area (Å²) in [6.07, 6.45) is 0. The Bertz CT molecular complexity index is 679. The minimum atomic E-state index is -3.74. The van der Waals surface area contributed by atoms with Crippen molar-refractivity contribution in [1.82, 2.24) is 0 Å². The molecule has 0 fully saturated rings. The summed E-state index contributed by atoms with van der Waals surface area (Å²) in [5.74, 6) is -0.287. The zero-order valence-electron chi connectivity index (χ0n) is 9.79. The first kappa shape index (κ1) is 12.4. The van der Waals surface area contributed by atoms with Gasteiger partial charge in [-0.15, -0.1) is 0 Å². The first-order valence-electron chi connectivity index (χ1n) is 5.32. The van der Waals surface area contributed by atoms with E-state index in [0.717, 1.165) is 0 Å². The van der Waals surface area contributed by atoms with Crippen LogP contribution in [0.2, 0.25) is 0 Å². The van der Waals surface area contributed by atoms with E-state index in [1.165, 1.54) is 24.3 Å². The third-order valence-electron chi connectivity index (χ3n) is 2.69. The smallest absolute Gasteiger partial charge is 0.210 e. The highest BCUT2D eigenvalue weighted by Gasteiger charge is 2.22. The molecule has 0 bridgehead atoms. The van der Waals surface area contributed by atoms with Gasteiger partial charge in [0.2, 0.25) is 9.84 Å². The lowest BCUT2D eigenvalue weighted by molar-refractivity contribution is 0.458. The van der Waals surface area contributed by atoms with E-state index >= 15 is 0 Å². The number of rotatable bonds is 2. The quantitative estimate of drug-likeness (QED) is 0.642. The molecule has 0 saturated heterocycles. The topological polar surface area (TPSA) is 80.4 Å². The van der Waals surface area contributed by atoms with Crippen LogP contribution in [0.4, 0.5) is 5.69 Å². The van der Waals surface area contributed by atoms with Crippen LogP contribution in [0.25, 0.3) is 0 Å². The molecule has 0 atom stereocenters. The molecule has 3 N–H and O–H groups in total. The lowest BCUT2D eigenvalue weighted by atomic mass is 10.2. The van der Waals surface area contributed by atoms with E-state index in [4.69, 9.17) is 5.73 Å². The van der Waals surface area contributed by atoms with Crippen molar-refractivity contribution in [3.8, 4) is 5.75 Å². The van der Waals surface area contributed by atoms with Crippen LogP contribution < -0.4 is 5.73 Å². The van der Waals surface area contributed by atoms with E-state index in [2.05, 4.69) is 0 Å². The Morgan fingerprint density at radius 3 is 2.33 bits per heavy atom. The monoisotopic (exact) mass is 263 g/mol. The summed E-state index contributed by atoms with van der Waals surface area (Å²) in [4.78, 5) is -0.0413. The second-order valence-corrected chi connectivity index (χ2v) is 5.91. The standard InChI is InChI=1S/C13H13NO3S/c1-9-7-12(15)13(8-11(9)14)18(16,17)10-5-3-2-4-6-10/h2-8,15H,14H2,1H3. The number of aryl methyl sites for hydroxylation is 1. The predicted molar refractivity (Wildman–Crippen MR) is 69.2 cm³/mol. The number of benzene rings is 2. The normalized spacial score (nSPS) is 11.4. The van der Waals surface area contributed by atoms with Crippen LogP contribution in [0.5, 0.6) is 5.75 Å². The molecule has 0 aliphatic heterocycles. The number of hydrogen-bond acceptors (Lipinski definition) is 4. The Balaban J connectivity index is 2.66. The largest absolute Gasteiger partial charge is 0.507 e. The number of nitrogens with two attached hydrogens (primary N) is 1. The van der Waals surface area contributed by atoms with Gasteiger partial charge >= 0.3 is 0 Å². The van der Waals surface area contributed by atoms with E-state index in [1.807, 2.05) is 0 Å². The van der Waals surface area contributed by atoms with Crippen molar-refractivity contribution in [3.05, 3.63) is 48.0 Å². The summed E-state index contributed by atoms with van der Waals surface area (Å²) >= 11 is 0. The van der Waals surface area contributed by atoms with Gasteiger partial charge in [-0.1, -0.05) is 18.2 Å². The van der Waals surface area contributed by atoms with Crippen molar-refractivity contribution in [2.45, 2.75) is 16.7 Å². The number of phenolic OH excluding ortho intramolecular Hbond substituents is 1.